The summed E-state index contributed by atoms with van der Waals surface area (Å²) in [6, 6.07) is 0. The molecule has 2 heterocycles. The Morgan fingerprint density at radius 3 is 1.75 bits per heavy atom. The van der Waals surface area contributed by atoms with Crippen molar-refractivity contribution in [1.82, 2.24) is 16.0 Å². The Hall–Kier alpha value is -1.06. The summed E-state index contributed by atoms with van der Waals surface area (Å²) in [5, 5.41) is 7.11. The summed E-state index contributed by atoms with van der Waals surface area (Å²) in [4.78, 5) is 31.1. The van der Waals surface area contributed by atoms with E-state index >= 15 is 0 Å². The molecular formula is C7H7N3O3S3. The molecule has 0 radical (unpaired) electrons. The minimum atomic E-state index is -0.344. The fourth-order valence-electron chi connectivity index (χ4n) is 0.836. The molecule has 9 heteroatoms. The van der Waals surface area contributed by atoms with Gasteiger partial charge in [0.25, 0.3) is 0 Å². The molecule has 0 bridgehead atoms. The second-order valence-corrected chi connectivity index (χ2v) is 4.79. The van der Waals surface area contributed by atoms with Gasteiger partial charge in [0.2, 0.25) is 17.7 Å². The van der Waals surface area contributed by atoms with Gasteiger partial charge in [0.15, 0.2) is 5.11 Å². The van der Waals surface area contributed by atoms with Crippen molar-refractivity contribution in [3.05, 3.63) is 0 Å². The molecule has 0 aromatic carbocycles. The molecule has 0 aliphatic carbocycles. The van der Waals surface area contributed by atoms with E-state index in [1.807, 2.05) is 0 Å². The zero-order valence-electron chi connectivity index (χ0n) is 7.86. The lowest BCUT2D eigenvalue weighted by Crippen LogP contribution is -2.49. The summed E-state index contributed by atoms with van der Waals surface area (Å²) in [5.74, 6) is -0.166. The number of hydrogen-bond donors (Lipinski definition) is 3. The Bertz CT molecular complexity index is 323. The van der Waals surface area contributed by atoms with Crippen LogP contribution < -0.4 is 16.0 Å². The number of amides is 3. The van der Waals surface area contributed by atoms with Gasteiger partial charge in [-0.15, -0.1) is 0 Å². The zero-order valence-corrected chi connectivity index (χ0v) is 10.3. The number of thioether (sulfide) groups is 1. The van der Waals surface area contributed by atoms with Crippen LogP contribution in [0.2, 0.25) is 0 Å². The number of rotatable bonds is 0. The molecule has 16 heavy (non-hydrogen) atoms. The van der Waals surface area contributed by atoms with Crippen LogP contribution in [0.15, 0.2) is 0 Å². The van der Waals surface area contributed by atoms with Gasteiger partial charge in [0.1, 0.15) is 10.7 Å². The monoisotopic (exact) mass is 277 g/mol. The highest BCUT2D eigenvalue weighted by Crippen LogP contribution is 2.06. The van der Waals surface area contributed by atoms with Gasteiger partial charge in [-0.1, -0.05) is 24.0 Å². The molecule has 0 aromatic heterocycles. The predicted octanol–water partition coefficient (Wildman–Crippen LogP) is -0.958. The lowest BCUT2D eigenvalue weighted by atomic mass is 10.3. The van der Waals surface area contributed by atoms with E-state index in [9.17, 15) is 14.4 Å². The lowest BCUT2D eigenvalue weighted by Gasteiger charge is -2.12. The smallest absolute Gasteiger partial charge is 0.235 e. The van der Waals surface area contributed by atoms with Crippen molar-refractivity contribution >= 4 is 63.4 Å². The van der Waals surface area contributed by atoms with Crippen molar-refractivity contribution in [3.8, 4) is 0 Å². The lowest BCUT2D eigenvalue weighted by molar-refractivity contribution is -0.129. The van der Waals surface area contributed by atoms with Crippen LogP contribution in [0.1, 0.15) is 6.42 Å². The number of nitrogens with one attached hydrogen (secondary N) is 3. The van der Waals surface area contributed by atoms with E-state index in [0.29, 0.717) is 10.1 Å². The summed E-state index contributed by atoms with van der Waals surface area (Å²) in [7, 11) is 0. The highest BCUT2D eigenvalue weighted by atomic mass is 32.2. The number of carbonyl (C=O) groups excluding carboxylic acids is 3. The highest BCUT2D eigenvalue weighted by Gasteiger charge is 2.17. The first-order valence-corrected chi connectivity index (χ1v) is 5.88. The van der Waals surface area contributed by atoms with Gasteiger partial charge in [0.05, 0.1) is 5.75 Å². The average Bonchev–Trinajstić information content (AvgIpc) is 2.48. The molecule has 0 saturated carbocycles. The maximum absolute atomic E-state index is 10.4. The Morgan fingerprint density at radius 2 is 1.50 bits per heavy atom. The van der Waals surface area contributed by atoms with Crippen molar-refractivity contribution in [2.24, 2.45) is 0 Å². The molecule has 0 unspecified atom stereocenters. The summed E-state index contributed by atoms with van der Waals surface area (Å²) in [5.41, 5.74) is 0. The SMILES string of the molecule is O=C1CC(=O)NC(=S)N1.O=C1CSC(=S)N1. The van der Waals surface area contributed by atoms with Crippen LogP contribution in [0.3, 0.4) is 0 Å². The minimum absolute atomic E-state index is 0.0231. The average molecular weight is 277 g/mol. The largest absolute Gasteiger partial charge is 0.311 e. The van der Waals surface area contributed by atoms with Crippen molar-refractivity contribution < 1.29 is 14.4 Å². The molecule has 2 rings (SSSR count). The van der Waals surface area contributed by atoms with Gasteiger partial charge in [0, 0.05) is 0 Å². The minimum Gasteiger partial charge on any atom is -0.311 e. The van der Waals surface area contributed by atoms with Crippen LogP contribution in [-0.4, -0.2) is 32.9 Å². The van der Waals surface area contributed by atoms with Crippen LogP contribution >= 0.6 is 36.2 Å². The molecule has 2 saturated heterocycles. The van der Waals surface area contributed by atoms with E-state index in [0.717, 1.165) is 0 Å². The third-order valence-electron chi connectivity index (χ3n) is 1.40. The van der Waals surface area contributed by atoms with Crippen LogP contribution in [0.4, 0.5) is 0 Å². The van der Waals surface area contributed by atoms with Gasteiger partial charge in [-0.2, -0.15) is 0 Å². The summed E-state index contributed by atoms with van der Waals surface area (Å²) in [6.07, 6.45) is -0.125. The molecule has 0 aromatic rings. The quantitative estimate of drug-likeness (QED) is 0.390. The van der Waals surface area contributed by atoms with Crippen LogP contribution in [-0.2, 0) is 14.4 Å². The topological polar surface area (TPSA) is 87.3 Å². The summed E-state index contributed by atoms with van der Waals surface area (Å²) >= 11 is 10.5. The first-order chi connectivity index (χ1) is 7.47. The Labute approximate surface area is 106 Å². The molecule has 2 fully saturated rings. The summed E-state index contributed by atoms with van der Waals surface area (Å²) < 4.78 is 0.602. The van der Waals surface area contributed by atoms with Gasteiger partial charge >= 0.3 is 0 Å². The van der Waals surface area contributed by atoms with Crippen molar-refractivity contribution in [3.63, 3.8) is 0 Å². The molecular weight excluding hydrogens is 270 g/mol. The van der Waals surface area contributed by atoms with E-state index in [1.165, 1.54) is 11.8 Å². The molecule has 0 spiro atoms. The molecule has 86 valence electrons. The number of carbonyl (C=O) groups is 3. The fourth-order valence-corrected chi connectivity index (χ4v) is 1.87. The fraction of sp³-hybridized carbons (Fsp3) is 0.286. The van der Waals surface area contributed by atoms with Gasteiger partial charge in [-0.3, -0.25) is 14.4 Å². The van der Waals surface area contributed by atoms with E-state index in [4.69, 9.17) is 0 Å². The highest BCUT2D eigenvalue weighted by molar-refractivity contribution is 8.24. The van der Waals surface area contributed by atoms with E-state index in [1.54, 1.807) is 0 Å². The first kappa shape index (κ1) is 13.0. The normalized spacial score (nSPS) is 19.4. The Morgan fingerprint density at radius 1 is 0.938 bits per heavy atom. The molecule has 3 N–H and O–H groups in total. The Balaban J connectivity index is 0.000000165. The van der Waals surface area contributed by atoms with Crippen LogP contribution in [0.5, 0.6) is 0 Å². The second kappa shape index (κ2) is 5.87. The third kappa shape index (κ3) is 4.64. The maximum atomic E-state index is 10.4. The molecule has 6 nitrogen and oxygen atoms in total. The van der Waals surface area contributed by atoms with E-state index in [-0.39, 0.29) is 29.3 Å². The molecule has 0 atom stereocenters. The van der Waals surface area contributed by atoms with Crippen molar-refractivity contribution in [1.29, 1.82) is 0 Å². The summed E-state index contributed by atoms with van der Waals surface area (Å²) in [6.45, 7) is 0. The van der Waals surface area contributed by atoms with Crippen LogP contribution in [0.25, 0.3) is 0 Å². The molecule has 2 aliphatic rings. The molecule has 2 aliphatic heterocycles. The van der Waals surface area contributed by atoms with E-state index in [2.05, 4.69) is 40.4 Å². The maximum Gasteiger partial charge on any atom is 0.235 e. The molecule has 3 amide bonds. The Kier molecular flexibility index (Phi) is 4.77. The number of thiocarbonyl (C=S) groups is 2. The van der Waals surface area contributed by atoms with Crippen molar-refractivity contribution in [2.75, 3.05) is 5.75 Å². The first-order valence-electron chi connectivity index (χ1n) is 4.07. The predicted molar refractivity (Wildman–Crippen MR) is 66.7 cm³/mol. The van der Waals surface area contributed by atoms with E-state index < -0.39 is 0 Å². The second-order valence-electron chi connectivity index (χ2n) is 2.73. The zero-order chi connectivity index (χ0) is 12.1. The third-order valence-corrected chi connectivity index (χ3v) is 2.83. The van der Waals surface area contributed by atoms with Gasteiger partial charge in [-0.05, 0) is 12.2 Å². The number of hydrogen-bond acceptors (Lipinski definition) is 6. The van der Waals surface area contributed by atoms with Crippen molar-refractivity contribution in [2.45, 2.75) is 6.42 Å². The van der Waals surface area contributed by atoms with Gasteiger partial charge < -0.3 is 16.0 Å². The van der Waals surface area contributed by atoms with Gasteiger partial charge in [-0.25, -0.2) is 0 Å². The van der Waals surface area contributed by atoms with Crippen LogP contribution in [0, 0.1) is 0 Å². The standard InChI is InChI=1S/C4H4N2O2S.C3H3NOS2/c7-2-1-3(8)6-4(9)5-2;5-2-1-7-3(6)4-2/h1H2,(H2,5,6,7,8,9);1H2,(H,4,5,6).